The Morgan fingerprint density at radius 2 is 1.76 bits per heavy atom. The van der Waals surface area contributed by atoms with E-state index < -0.39 is 17.6 Å². The highest BCUT2D eigenvalue weighted by Crippen LogP contribution is 2.32. The number of carboxylic acids is 1. The molecule has 1 amide bonds. The van der Waals surface area contributed by atoms with Crippen LogP contribution in [-0.4, -0.2) is 33.5 Å². The Kier molecular flexibility index (Phi) is 5.77. The summed E-state index contributed by atoms with van der Waals surface area (Å²) in [4.78, 5) is 27.0. The second kappa shape index (κ2) is 7.82. The van der Waals surface area contributed by atoms with Gasteiger partial charge in [-0.05, 0) is 69.5 Å². The van der Waals surface area contributed by atoms with E-state index in [0.29, 0.717) is 17.6 Å². The highest BCUT2D eigenvalue weighted by molar-refractivity contribution is 9.10. The largest absolute Gasteiger partial charge is 0.480 e. The first-order valence-corrected chi connectivity index (χ1v) is 10.5. The number of halogens is 1. The van der Waals surface area contributed by atoms with Gasteiger partial charge in [0.2, 0.25) is 0 Å². The molecule has 3 rings (SSSR count). The standard InChI is InChI=1S/C23H26BrNO4/c1-13(2)10-18(22(27)28)25(23(3,4)5)21(26)14-6-9-19-17(11-14)16-8-7-15(24)12-20(16)29-19/h6-9,11-13,18H,10H2,1-5H3,(H,27,28)/t18-/m0/s1. The Balaban J connectivity index is 2.10. The first kappa shape index (κ1) is 21.4. The lowest BCUT2D eigenvalue weighted by Gasteiger charge is -2.40. The first-order chi connectivity index (χ1) is 13.5. The molecule has 0 aliphatic rings. The number of benzene rings is 2. The normalized spacial score (nSPS) is 13.2. The lowest BCUT2D eigenvalue weighted by molar-refractivity contribution is -0.144. The van der Waals surface area contributed by atoms with Gasteiger partial charge < -0.3 is 14.4 Å². The number of aliphatic carboxylic acids is 1. The van der Waals surface area contributed by atoms with Crippen molar-refractivity contribution < 1.29 is 19.1 Å². The minimum Gasteiger partial charge on any atom is -0.480 e. The van der Waals surface area contributed by atoms with Crippen LogP contribution in [0.15, 0.2) is 45.3 Å². The van der Waals surface area contributed by atoms with Gasteiger partial charge in [-0.25, -0.2) is 4.79 Å². The molecule has 0 aliphatic heterocycles. The van der Waals surface area contributed by atoms with Crippen LogP contribution >= 0.6 is 15.9 Å². The third-order valence-corrected chi connectivity index (χ3v) is 5.41. The van der Waals surface area contributed by atoms with Crippen LogP contribution in [0.1, 0.15) is 51.4 Å². The van der Waals surface area contributed by atoms with Crippen molar-refractivity contribution in [2.75, 3.05) is 0 Å². The third-order valence-electron chi connectivity index (χ3n) is 4.91. The zero-order valence-corrected chi connectivity index (χ0v) is 18.9. The Morgan fingerprint density at radius 3 is 2.34 bits per heavy atom. The number of hydrogen-bond acceptors (Lipinski definition) is 3. The van der Waals surface area contributed by atoms with Gasteiger partial charge in [0, 0.05) is 26.3 Å². The molecule has 29 heavy (non-hydrogen) atoms. The monoisotopic (exact) mass is 459 g/mol. The van der Waals surface area contributed by atoms with Crippen molar-refractivity contribution in [1.29, 1.82) is 0 Å². The molecule has 0 radical (unpaired) electrons. The summed E-state index contributed by atoms with van der Waals surface area (Å²) in [5, 5.41) is 11.6. The quantitative estimate of drug-likeness (QED) is 0.500. The Bertz CT molecular complexity index is 1080. The van der Waals surface area contributed by atoms with Crippen molar-refractivity contribution in [1.82, 2.24) is 4.90 Å². The van der Waals surface area contributed by atoms with Crippen LogP contribution < -0.4 is 0 Å². The van der Waals surface area contributed by atoms with E-state index in [1.807, 2.05) is 52.8 Å². The maximum absolute atomic E-state index is 13.5. The number of carbonyl (C=O) groups is 2. The molecular formula is C23H26BrNO4. The van der Waals surface area contributed by atoms with Gasteiger partial charge in [0.25, 0.3) is 5.91 Å². The van der Waals surface area contributed by atoms with Crippen molar-refractivity contribution >= 4 is 49.7 Å². The zero-order valence-electron chi connectivity index (χ0n) is 17.3. The van der Waals surface area contributed by atoms with Crippen LogP contribution in [0.5, 0.6) is 0 Å². The van der Waals surface area contributed by atoms with Crippen molar-refractivity contribution in [3.05, 3.63) is 46.4 Å². The van der Waals surface area contributed by atoms with E-state index in [-0.39, 0.29) is 11.8 Å². The van der Waals surface area contributed by atoms with Gasteiger partial charge in [0.1, 0.15) is 17.2 Å². The number of furan rings is 1. The fourth-order valence-electron chi connectivity index (χ4n) is 3.70. The molecule has 1 heterocycles. The van der Waals surface area contributed by atoms with Crippen LogP contribution in [0.25, 0.3) is 21.9 Å². The molecule has 1 N–H and O–H groups in total. The number of rotatable bonds is 5. The molecule has 154 valence electrons. The van der Waals surface area contributed by atoms with E-state index >= 15 is 0 Å². The number of fused-ring (bicyclic) bond motifs is 3. The first-order valence-electron chi connectivity index (χ1n) is 9.67. The fourth-order valence-corrected chi connectivity index (χ4v) is 4.04. The number of nitrogens with zero attached hydrogens (tertiary/aromatic N) is 1. The third kappa shape index (κ3) is 4.32. The summed E-state index contributed by atoms with van der Waals surface area (Å²) in [7, 11) is 0. The van der Waals surface area contributed by atoms with Crippen molar-refractivity contribution in [2.45, 2.75) is 52.6 Å². The second-order valence-corrected chi connectivity index (χ2v) is 9.70. The van der Waals surface area contributed by atoms with Crippen LogP contribution in [0.2, 0.25) is 0 Å². The minimum atomic E-state index is -0.985. The minimum absolute atomic E-state index is 0.146. The molecule has 1 atom stereocenters. The average molecular weight is 460 g/mol. The van der Waals surface area contributed by atoms with Crippen LogP contribution in [0.4, 0.5) is 0 Å². The molecule has 6 heteroatoms. The summed E-state index contributed by atoms with van der Waals surface area (Å²) in [5.41, 5.74) is 1.23. The van der Waals surface area contributed by atoms with E-state index in [9.17, 15) is 14.7 Å². The molecule has 0 bridgehead atoms. The summed E-state index contributed by atoms with van der Waals surface area (Å²) in [6, 6.07) is 10.1. The fraction of sp³-hybridized carbons (Fsp3) is 0.391. The van der Waals surface area contributed by atoms with Crippen LogP contribution in [0, 0.1) is 5.92 Å². The van der Waals surface area contributed by atoms with Crippen molar-refractivity contribution in [2.24, 2.45) is 5.92 Å². The summed E-state index contributed by atoms with van der Waals surface area (Å²) >= 11 is 3.44. The van der Waals surface area contributed by atoms with Crippen LogP contribution in [0.3, 0.4) is 0 Å². The molecule has 0 aliphatic carbocycles. The Hall–Kier alpha value is -2.34. The number of amides is 1. The second-order valence-electron chi connectivity index (χ2n) is 8.78. The lowest BCUT2D eigenvalue weighted by Crippen LogP contribution is -2.55. The number of carboxylic acid groups (broad SMARTS) is 1. The maximum Gasteiger partial charge on any atom is 0.326 e. The smallest absolute Gasteiger partial charge is 0.326 e. The predicted octanol–water partition coefficient (Wildman–Crippen LogP) is 6.09. The average Bonchev–Trinajstić information content (AvgIpc) is 2.95. The lowest BCUT2D eigenvalue weighted by atomic mass is 9.95. The molecule has 0 saturated carbocycles. The van der Waals surface area contributed by atoms with E-state index in [0.717, 1.165) is 20.8 Å². The predicted molar refractivity (Wildman–Crippen MR) is 118 cm³/mol. The molecule has 2 aromatic carbocycles. The van der Waals surface area contributed by atoms with Gasteiger partial charge in [-0.15, -0.1) is 0 Å². The van der Waals surface area contributed by atoms with Gasteiger partial charge in [0.15, 0.2) is 0 Å². The van der Waals surface area contributed by atoms with E-state index in [2.05, 4.69) is 15.9 Å². The van der Waals surface area contributed by atoms with Crippen molar-refractivity contribution in [3.8, 4) is 0 Å². The zero-order chi connectivity index (χ0) is 21.5. The van der Waals surface area contributed by atoms with E-state index in [4.69, 9.17) is 4.42 Å². The molecule has 1 aromatic heterocycles. The highest BCUT2D eigenvalue weighted by Gasteiger charge is 2.38. The van der Waals surface area contributed by atoms with Gasteiger partial charge in [-0.1, -0.05) is 29.8 Å². The van der Waals surface area contributed by atoms with Gasteiger partial charge in [0.05, 0.1) is 0 Å². The Morgan fingerprint density at radius 1 is 1.07 bits per heavy atom. The summed E-state index contributed by atoms with van der Waals surface area (Å²) in [6.45, 7) is 9.52. The summed E-state index contributed by atoms with van der Waals surface area (Å²) < 4.78 is 6.80. The summed E-state index contributed by atoms with van der Waals surface area (Å²) in [6.07, 6.45) is 0.392. The van der Waals surface area contributed by atoms with Crippen LogP contribution in [-0.2, 0) is 4.79 Å². The molecule has 0 spiro atoms. The van der Waals surface area contributed by atoms with Gasteiger partial charge in [-0.3, -0.25) is 4.79 Å². The highest BCUT2D eigenvalue weighted by atomic mass is 79.9. The Labute approximate surface area is 178 Å². The van der Waals surface area contributed by atoms with E-state index in [1.54, 1.807) is 18.2 Å². The molecule has 0 unspecified atom stereocenters. The topological polar surface area (TPSA) is 70.8 Å². The number of hydrogen-bond donors (Lipinski definition) is 1. The number of carbonyl (C=O) groups excluding carboxylic acids is 1. The molecule has 0 fully saturated rings. The summed E-state index contributed by atoms with van der Waals surface area (Å²) in [5.74, 6) is -1.13. The molecule has 0 saturated heterocycles. The molecule has 5 nitrogen and oxygen atoms in total. The SMILES string of the molecule is CC(C)C[C@@H](C(=O)O)N(C(=O)c1ccc2oc3cc(Br)ccc3c2c1)C(C)(C)C. The van der Waals surface area contributed by atoms with Crippen molar-refractivity contribution in [3.63, 3.8) is 0 Å². The van der Waals surface area contributed by atoms with E-state index in [1.165, 1.54) is 4.90 Å². The molecule has 3 aromatic rings. The van der Waals surface area contributed by atoms with Gasteiger partial charge >= 0.3 is 5.97 Å². The molecular weight excluding hydrogens is 434 g/mol. The van der Waals surface area contributed by atoms with Gasteiger partial charge in [-0.2, -0.15) is 0 Å². The maximum atomic E-state index is 13.5.